The molecule has 5 rings (SSSR count). The number of hydrogen-bond donors (Lipinski definition) is 1. The largest absolute Gasteiger partial charge is 0.369 e. The van der Waals surface area contributed by atoms with Crippen molar-refractivity contribution in [3.8, 4) is 0 Å². The van der Waals surface area contributed by atoms with Crippen molar-refractivity contribution in [2.24, 2.45) is 5.41 Å². The van der Waals surface area contributed by atoms with Gasteiger partial charge in [-0.15, -0.1) is 0 Å². The lowest BCUT2D eigenvalue weighted by Gasteiger charge is -2.26. The van der Waals surface area contributed by atoms with Gasteiger partial charge in [-0.3, -0.25) is 4.31 Å². The van der Waals surface area contributed by atoms with Gasteiger partial charge >= 0.3 is 0 Å². The van der Waals surface area contributed by atoms with Crippen LogP contribution in [0.3, 0.4) is 0 Å². The number of halogens is 2. The number of aromatic nitrogens is 2. The Kier molecular flexibility index (Phi) is 4.58. The van der Waals surface area contributed by atoms with E-state index in [1.165, 1.54) is 12.5 Å². The summed E-state index contributed by atoms with van der Waals surface area (Å²) in [7, 11) is 0. The minimum atomic E-state index is -2.50. The summed E-state index contributed by atoms with van der Waals surface area (Å²) in [6, 6.07) is 3.62. The van der Waals surface area contributed by atoms with Crippen LogP contribution >= 0.6 is 11.9 Å². The van der Waals surface area contributed by atoms with Crippen molar-refractivity contribution >= 4 is 34.5 Å². The summed E-state index contributed by atoms with van der Waals surface area (Å²) in [6.45, 7) is 3.96. The first-order chi connectivity index (χ1) is 13.5. The molecule has 1 saturated carbocycles. The molecule has 2 aromatic rings. The minimum Gasteiger partial charge on any atom is -0.369 e. The topological polar surface area (TPSA) is 44.3 Å². The van der Waals surface area contributed by atoms with E-state index < -0.39 is 6.43 Å². The van der Waals surface area contributed by atoms with Gasteiger partial charge < -0.3 is 10.2 Å². The van der Waals surface area contributed by atoms with E-state index in [0.717, 1.165) is 56.6 Å². The van der Waals surface area contributed by atoms with Crippen LogP contribution in [-0.4, -0.2) is 52.7 Å². The van der Waals surface area contributed by atoms with Gasteiger partial charge in [0.2, 0.25) is 5.95 Å². The average Bonchev–Trinajstić information content (AvgIpc) is 3.27. The molecular weight excluding hydrogens is 380 g/mol. The quantitative estimate of drug-likeness (QED) is 0.748. The zero-order valence-corrected chi connectivity index (χ0v) is 16.8. The number of fused-ring (bicyclic) bond motifs is 1. The molecule has 150 valence electrons. The fourth-order valence-corrected chi connectivity index (χ4v) is 5.20. The third kappa shape index (κ3) is 3.41. The van der Waals surface area contributed by atoms with Crippen molar-refractivity contribution in [2.45, 2.75) is 38.2 Å². The predicted molar refractivity (Wildman–Crippen MR) is 110 cm³/mol. The molecule has 28 heavy (non-hydrogen) atoms. The van der Waals surface area contributed by atoms with Crippen LogP contribution in [0.1, 0.15) is 37.7 Å². The monoisotopic (exact) mass is 405 g/mol. The average molecular weight is 406 g/mol. The first-order valence-corrected chi connectivity index (χ1v) is 11.1. The van der Waals surface area contributed by atoms with Crippen LogP contribution in [0, 0.1) is 5.41 Å². The third-order valence-electron chi connectivity index (χ3n) is 6.29. The highest BCUT2D eigenvalue weighted by Gasteiger charge is 2.44. The highest BCUT2D eigenvalue weighted by atomic mass is 32.2. The fourth-order valence-electron chi connectivity index (χ4n) is 4.52. The number of rotatable bonds is 5. The molecular formula is C20H25F2N5S. The first kappa shape index (κ1) is 18.4. The van der Waals surface area contributed by atoms with E-state index in [2.05, 4.69) is 25.8 Å². The Morgan fingerprint density at radius 2 is 2.04 bits per heavy atom. The van der Waals surface area contributed by atoms with Gasteiger partial charge in [-0.1, -0.05) is 11.9 Å². The van der Waals surface area contributed by atoms with E-state index in [1.807, 2.05) is 0 Å². The number of hydrogen-bond acceptors (Lipinski definition) is 6. The standard InChI is InChI=1S/C20H25F2N5S/c1-28-27-7-5-20(12-27)4-6-26(11-20)16-9-13(18(21)22)8-14-10-23-19(25-17(14)16)24-15-2-3-15/h8-10,15,18H,2-7,11-12H2,1H3,(H,23,24,25). The molecule has 3 aliphatic rings. The molecule has 0 amide bonds. The normalized spacial score (nSPS) is 25.5. The van der Waals surface area contributed by atoms with Gasteiger partial charge in [-0.25, -0.2) is 18.7 Å². The molecule has 1 spiro atoms. The summed E-state index contributed by atoms with van der Waals surface area (Å²) in [5.41, 5.74) is 1.91. The highest BCUT2D eigenvalue weighted by Crippen LogP contribution is 2.44. The molecule has 1 unspecified atom stereocenters. The van der Waals surface area contributed by atoms with Crippen molar-refractivity contribution in [3.63, 3.8) is 0 Å². The fraction of sp³-hybridized carbons (Fsp3) is 0.600. The van der Waals surface area contributed by atoms with Crippen molar-refractivity contribution in [2.75, 3.05) is 42.7 Å². The molecule has 1 aromatic carbocycles. The van der Waals surface area contributed by atoms with Crippen LogP contribution in [0.4, 0.5) is 20.4 Å². The summed E-state index contributed by atoms with van der Waals surface area (Å²) in [5, 5.41) is 4.01. The van der Waals surface area contributed by atoms with E-state index in [4.69, 9.17) is 4.98 Å². The summed E-state index contributed by atoms with van der Waals surface area (Å²) in [5.74, 6) is 0.601. The second-order valence-corrected chi connectivity index (χ2v) is 9.24. The number of anilines is 2. The Balaban J connectivity index is 1.51. The Labute approximate surface area is 168 Å². The Hall–Kier alpha value is -1.67. The number of nitrogens with zero attached hydrogens (tertiary/aromatic N) is 4. The maximum atomic E-state index is 13.5. The first-order valence-electron chi connectivity index (χ1n) is 9.95. The lowest BCUT2D eigenvalue weighted by molar-refractivity contribution is 0.151. The van der Waals surface area contributed by atoms with Crippen LogP contribution in [0.2, 0.25) is 0 Å². The summed E-state index contributed by atoms with van der Waals surface area (Å²) in [6.07, 6.45) is 5.85. The van der Waals surface area contributed by atoms with Crippen molar-refractivity contribution < 1.29 is 8.78 Å². The maximum absolute atomic E-state index is 13.5. The maximum Gasteiger partial charge on any atom is 0.263 e. The predicted octanol–water partition coefficient (Wildman–Crippen LogP) is 4.32. The molecule has 0 bridgehead atoms. The Morgan fingerprint density at radius 1 is 1.21 bits per heavy atom. The van der Waals surface area contributed by atoms with Gasteiger partial charge in [0.1, 0.15) is 0 Å². The van der Waals surface area contributed by atoms with Gasteiger partial charge in [-0.05, 0) is 44.1 Å². The zero-order valence-electron chi connectivity index (χ0n) is 16.0. The van der Waals surface area contributed by atoms with Crippen LogP contribution in [0.15, 0.2) is 18.3 Å². The van der Waals surface area contributed by atoms with Crippen LogP contribution in [0.5, 0.6) is 0 Å². The molecule has 1 atom stereocenters. The van der Waals surface area contributed by atoms with Gasteiger partial charge in [0.25, 0.3) is 6.43 Å². The molecule has 1 aliphatic carbocycles. The molecule has 2 saturated heterocycles. The second-order valence-electron chi connectivity index (χ2n) is 8.36. The SMILES string of the molecule is CSN1CCC2(CCN(c3cc(C(F)F)cc4cnc(NC5CC5)nc34)C2)C1. The summed E-state index contributed by atoms with van der Waals surface area (Å²) < 4.78 is 29.5. The number of benzene rings is 1. The van der Waals surface area contributed by atoms with E-state index in [-0.39, 0.29) is 11.0 Å². The highest BCUT2D eigenvalue weighted by molar-refractivity contribution is 7.96. The molecule has 3 fully saturated rings. The van der Waals surface area contributed by atoms with E-state index in [0.29, 0.717) is 17.4 Å². The van der Waals surface area contributed by atoms with Gasteiger partial charge in [0.15, 0.2) is 0 Å². The van der Waals surface area contributed by atoms with Gasteiger partial charge in [-0.2, -0.15) is 0 Å². The van der Waals surface area contributed by atoms with E-state index in [9.17, 15) is 8.78 Å². The van der Waals surface area contributed by atoms with Crippen molar-refractivity contribution in [3.05, 3.63) is 23.9 Å². The molecule has 1 aromatic heterocycles. The van der Waals surface area contributed by atoms with Crippen molar-refractivity contribution in [1.82, 2.24) is 14.3 Å². The number of nitrogens with one attached hydrogen (secondary N) is 1. The molecule has 1 N–H and O–H groups in total. The molecule has 0 radical (unpaired) electrons. The van der Waals surface area contributed by atoms with Crippen LogP contribution in [-0.2, 0) is 0 Å². The summed E-state index contributed by atoms with van der Waals surface area (Å²) >= 11 is 1.80. The molecule has 2 aliphatic heterocycles. The molecule has 5 nitrogen and oxygen atoms in total. The molecule has 8 heteroatoms. The minimum absolute atomic E-state index is 0.0483. The van der Waals surface area contributed by atoms with Crippen molar-refractivity contribution in [1.29, 1.82) is 0 Å². The number of alkyl halides is 2. The smallest absolute Gasteiger partial charge is 0.263 e. The molecule has 3 heterocycles. The van der Waals surface area contributed by atoms with E-state index >= 15 is 0 Å². The van der Waals surface area contributed by atoms with E-state index in [1.54, 1.807) is 24.2 Å². The Morgan fingerprint density at radius 3 is 2.75 bits per heavy atom. The second kappa shape index (κ2) is 6.99. The van der Waals surface area contributed by atoms with Gasteiger partial charge in [0, 0.05) is 54.8 Å². The Bertz CT molecular complexity index is 890. The van der Waals surface area contributed by atoms with Crippen LogP contribution in [0.25, 0.3) is 10.9 Å². The third-order valence-corrected chi connectivity index (χ3v) is 7.12. The zero-order chi connectivity index (χ0) is 19.3. The van der Waals surface area contributed by atoms with Crippen LogP contribution < -0.4 is 10.2 Å². The lowest BCUT2D eigenvalue weighted by Crippen LogP contribution is -2.29. The lowest BCUT2D eigenvalue weighted by atomic mass is 9.86. The van der Waals surface area contributed by atoms with Gasteiger partial charge in [0.05, 0.1) is 11.2 Å². The summed E-state index contributed by atoms with van der Waals surface area (Å²) in [4.78, 5) is 11.3.